The van der Waals surface area contributed by atoms with E-state index in [1.54, 1.807) is 0 Å². The molecule has 0 aliphatic rings. The number of hydrogen-bond acceptors (Lipinski definition) is 2. The molecule has 1 rings (SSSR count). The summed E-state index contributed by atoms with van der Waals surface area (Å²) in [6.45, 7) is -5.11. The van der Waals surface area contributed by atoms with E-state index in [0.717, 1.165) is 0 Å². The first-order valence-electron chi connectivity index (χ1n) is 3.77. The molecule has 0 aromatic carbocycles. The maximum absolute atomic E-state index is 11.9. The Labute approximate surface area is 122 Å². The predicted molar refractivity (Wildman–Crippen MR) is 42.9 cm³/mol. The van der Waals surface area contributed by atoms with E-state index in [4.69, 9.17) is 5.11 Å². The van der Waals surface area contributed by atoms with Gasteiger partial charge in [0, 0.05) is 11.9 Å². The first-order chi connectivity index (χ1) is 6.01. The van der Waals surface area contributed by atoms with Gasteiger partial charge in [-0.05, 0) is 24.0 Å². The zero-order valence-electron chi connectivity index (χ0n) is 7.75. The molecule has 1 aromatic heterocycles. The van der Waals surface area contributed by atoms with Crippen LogP contribution in [0.1, 0.15) is 11.3 Å². The van der Waals surface area contributed by atoms with Gasteiger partial charge < -0.3 is 18.1 Å². The molecular formula is C7H8BF3KNO. The minimum atomic E-state index is -4.85. The molecule has 1 N–H and O–H groups in total. The number of halogens is 3. The van der Waals surface area contributed by atoms with E-state index in [0.29, 0.717) is 5.56 Å². The van der Waals surface area contributed by atoms with Crippen LogP contribution >= 0.6 is 0 Å². The molecule has 0 saturated carbocycles. The summed E-state index contributed by atoms with van der Waals surface area (Å²) < 4.78 is 35.8. The molecule has 72 valence electrons. The van der Waals surface area contributed by atoms with Gasteiger partial charge in [0.2, 0.25) is 0 Å². The molecule has 2 nitrogen and oxygen atoms in total. The van der Waals surface area contributed by atoms with Crippen LogP contribution in [0.4, 0.5) is 12.9 Å². The van der Waals surface area contributed by atoms with Gasteiger partial charge in [-0.3, -0.25) is 4.98 Å². The summed E-state index contributed by atoms with van der Waals surface area (Å²) in [5.41, 5.74) is 0.407. The quantitative estimate of drug-likeness (QED) is 0.640. The van der Waals surface area contributed by atoms with Crippen LogP contribution in [0.2, 0.25) is 0 Å². The second-order valence-corrected chi connectivity index (χ2v) is 2.73. The number of nitrogens with zero attached hydrogens (tertiary/aromatic N) is 1. The Hall–Kier alpha value is 0.601. The SMILES string of the molecule is OCc1ccnc(C[B-](F)(F)F)c1.[K+]. The van der Waals surface area contributed by atoms with Gasteiger partial charge in [0.05, 0.1) is 6.61 Å². The normalized spacial score (nSPS) is 10.9. The fraction of sp³-hybridized carbons (Fsp3) is 0.286. The summed E-state index contributed by atoms with van der Waals surface area (Å²) in [7, 11) is 0. The van der Waals surface area contributed by atoms with Gasteiger partial charge in [0.15, 0.2) is 0 Å². The van der Waals surface area contributed by atoms with Crippen molar-refractivity contribution in [1.29, 1.82) is 0 Å². The van der Waals surface area contributed by atoms with E-state index in [-0.39, 0.29) is 63.7 Å². The first kappa shape index (κ1) is 14.6. The zero-order valence-corrected chi connectivity index (χ0v) is 10.9. The van der Waals surface area contributed by atoms with E-state index in [1.807, 2.05) is 0 Å². The summed E-state index contributed by atoms with van der Waals surface area (Å²) >= 11 is 0. The largest absolute Gasteiger partial charge is 1.00 e. The van der Waals surface area contributed by atoms with E-state index < -0.39 is 13.3 Å². The molecule has 0 unspecified atom stereocenters. The van der Waals surface area contributed by atoms with Crippen molar-refractivity contribution < 1.29 is 69.4 Å². The van der Waals surface area contributed by atoms with Crippen LogP contribution in [0.3, 0.4) is 0 Å². The van der Waals surface area contributed by atoms with E-state index in [2.05, 4.69) is 4.98 Å². The monoisotopic (exact) mass is 229 g/mol. The minimum Gasteiger partial charge on any atom is -0.449 e. The average Bonchev–Trinajstić information content (AvgIpc) is 2.01. The van der Waals surface area contributed by atoms with Gasteiger partial charge >= 0.3 is 58.4 Å². The molecule has 0 saturated heterocycles. The topological polar surface area (TPSA) is 33.1 Å². The fourth-order valence-corrected chi connectivity index (χ4v) is 0.975. The standard InChI is InChI=1S/C7H8BF3NO.K/c9-8(10,11)4-7-3-6(5-13)1-2-12-7;/h1-3,13H,4-5H2;/q-1;+1. The van der Waals surface area contributed by atoms with Crippen LogP contribution < -0.4 is 51.4 Å². The molecule has 0 aliphatic carbocycles. The third-order valence-corrected chi connectivity index (χ3v) is 1.50. The second kappa shape index (κ2) is 6.24. The Balaban J connectivity index is 0.00000169. The van der Waals surface area contributed by atoms with Crippen LogP contribution in [0.25, 0.3) is 0 Å². The van der Waals surface area contributed by atoms with Crippen molar-refractivity contribution in [3.8, 4) is 0 Å². The van der Waals surface area contributed by atoms with E-state index in [9.17, 15) is 12.9 Å². The molecule has 0 aliphatic heterocycles. The number of rotatable bonds is 3. The van der Waals surface area contributed by atoms with Gasteiger partial charge in [0.1, 0.15) is 0 Å². The number of aliphatic hydroxyl groups is 1. The molecule has 0 bridgehead atoms. The maximum atomic E-state index is 11.9. The molecule has 0 amide bonds. The van der Waals surface area contributed by atoms with Crippen molar-refractivity contribution in [2.45, 2.75) is 12.9 Å². The molecule has 0 atom stereocenters. The van der Waals surface area contributed by atoms with Gasteiger partial charge in [-0.2, -0.15) is 0 Å². The van der Waals surface area contributed by atoms with Crippen molar-refractivity contribution in [3.05, 3.63) is 29.6 Å². The molecule has 0 spiro atoms. The summed E-state index contributed by atoms with van der Waals surface area (Å²) in [5, 5.41) is 8.66. The molecule has 1 heterocycles. The minimum absolute atomic E-state index is 0. The first-order valence-corrected chi connectivity index (χ1v) is 3.77. The van der Waals surface area contributed by atoms with Gasteiger partial charge in [0.25, 0.3) is 0 Å². The second-order valence-electron chi connectivity index (χ2n) is 2.73. The van der Waals surface area contributed by atoms with Crippen molar-refractivity contribution in [3.63, 3.8) is 0 Å². The molecule has 7 heteroatoms. The molecule has 1 aromatic rings. The Morgan fingerprint density at radius 1 is 1.36 bits per heavy atom. The summed E-state index contributed by atoms with van der Waals surface area (Å²) in [5.74, 6) is 0. The van der Waals surface area contributed by atoms with Crippen LogP contribution in [0.5, 0.6) is 0 Å². The number of hydrogen-bond donors (Lipinski definition) is 1. The number of aliphatic hydroxyl groups excluding tert-OH is 1. The van der Waals surface area contributed by atoms with E-state index >= 15 is 0 Å². The summed E-state index contributed by atoms with van der Waals surface area (Å²) in [4.78, 5) is 3.56. The molecule has 14 heavy (non-hydrogen) atoms. The van der Waals surface area contributed by atoms with Crippen LogP contribution in [-0.4, -0.2) is 17.1 Å². The fourth-order valence-electron chi connectivity index (χ4n) is 0.975. The van der Waals surface area contributed by atoms with Crippen LogP contribution in [0, 0.1) is 0 Å². The number of pyridine rings is 1. The maximum Gasteiger partial charge on any atom is 1.00 e. The number of aromatic nitrogens is 1. The van der Waals surface area contributed by atoms with Crippen molar-refractivity contribution >= 4 is 6.98 Å². The van der Waals surface area contributed by atoms with Crippen molar-refractivity contribution in [2.24, 2.45) is 0 Å². The van der Waals surface area contributed by atoms with Gasteiger partial charge in [-0.25, -0.2) is 0 Å². The Kier molecular flexibility index (Phi) is 6.51. The van der Waals surface area contributed by atoms with Crippen molar-refractivity contribution in [1.82, 2.24) is 4.98 Å². The van der Waals surface area contributed by atoms with E-state index in [1.165, 1.54) is 18.3 Å². The average molecular weight is 229 g/mol. The Bertz CT molecular complexity index is 295. The third-order valence-electron chi connectivity index (χ3n) is 1.50. The Morgan fingerprint density at radius 2 is 2.00 bits per heavy atom. The predicted octanol–water partition coefficient (Wildman–Crippen LogP) is -1.49. The summed E-state index contributed by atoms with van der Waals surface area (Å²) in [6, 6.07) is 2.74. The van der Waals surface area contributed by atoms with Gasteiger partial charge in [-0.1, -0.05) is 0 Å². The Morgan fingerprint density at radius 3 is 2.50 bits per heavy atom. The smallest absolute Gasteiger partial charge is 0.449 e. The molecule has 0 radical (unpaired) electrons. The third kappa shape index (κ3) is 5.47. The van der Waals surface area contributed by atoms with Crippen LogP contribution in [-0.2, 0) is 12.9 Å². The van der Waals surface area contributed by atoms with Crippen LogP contribution in [0.15, 0.2) is 18.3 Å². The van der Waals surface area contributed by atoms with Gasteiger partial charge in [-0.15, -0.1) is 0 Å². The molecular weight excluding hydrogens is 221 g/mol. The summed E-state index contributed by atoms with van der Waals surface area (Å²) in [6.07, 6.45) is 0.274. The van der Waals surface area contributed by atoms with Crippen molar-refractivity contribution in [2.75, 3.05) is 0 Å². The molecule has 0 fully saturated rings. The zero-order chi connectivity index (χ0) is 9.90.